The maximum Gasteiger partial charge on any atom is 0.376 e. The molecule has 0 N–H and O–H groups in total. The molecule has 0 saturated carbocycles. The number of Topliss-reactive ketones (excluding diaryl/α,β-unsaturated/α-hetero) is 1. The van der Waals surface area contributed by atoms with Crippen molar-refractivity contribution in [1.29, 1.82) is 0 Å². The third-order valence-corrected chi connectivity index (χ3v) is 3.74. The molecule has 0 bridgehead atoms. The highest BCUT2D eigenvalue weighted by Gasteiger charge is 2.42. The quantitative estimate of drug-likeness (QED) is 0.635. The molecule has 0 unspecified atom stereocenters. The van der Waals surface area contributed by atoms with Crippen LogP contribution in [0.25, 0.3) is 0 Å². The number of ether oxygens (including phenoxy) is 1. The average Bonchev–Trinajstić information content (AvgIpc) is 2.53. The first-order valence-corrected chi connectivity index (χ1v) is 7.64. The zero-order valence-corrected chi connectivity index (χ0v) is 14.0. The van der Waals surface area contributed by atoms with Crippen molar-refractivity contribution in [2.24, 2.45) is 0 Å². The van der Waals surface area contributed by atoms with Crippen LogP contribution in [0, 0.1) is 0 Å². The van der Waals surface area contributed by atoms with Crippen molar-refractivity contribution in [3.63, 3.8) is 0 Å². The molecular formula is C20H22O3. The predicted octanol–water partition coefficient (Wildman–Crippen LogP) is 3.90. The molecule has 0 atom stereocenters. The van der Waals surface area contributed by atoms with Gasteiger partial charge in [0.1, 0.15) is 5.60 Å². The van der Waals surface area contributed by atoms with Crippen LogP contribution in [0.5, 0.6) is 0 Å². The standard InChI is InChI=1S/C20H22O3/c1-19(2,3)23-18(22)17(21)20(4,15-11-7-5-8-12-15)16-13-9-6-10-14-16/h5-14H,1-4H3. The number of benzene rings is 2. The van der Waals surface area contributed by atoms with E-state index < -0.39 is 22.8 Å². The largest absolute Gasteiger partial charge is 0.454 e. The Morgan fingerprint density at radius 2 is 1.13 bits per heavy atom. The molecular weight excluding hydrogens is 288 g/mol. The molecule has 2 aromatic rings. The molecule has 3 heteroatoms. The molecule has 3 nitrogen and oxygen atoms in total. The number of hydrogen-bond donors (Lipinski definition) is 0. The first-order valence-electron chi connectivity index (χ1n) is 7.64. The van der Waals surface area contributed by atoms with Crippen LogP contribution in [0.4, 0.5) is 0 Å². The van der Waals surface area contributed by atoms with Crippen molar-refractivity contribution in [3.05, 3.63) is 71.8 Å². The molecule has 0 aliphatic carbocycles. The molecule has 0 fully saturated rings. The minimum absolute atomic E-state index is 0.565. The fourth-order valence-electron chi connectivity index (χ4n) is 2.50. The van der Waals surface area contributed by atoms with E-state index in [1.54, 1.807) is 27.7 Å². The van der Waals surface area contributed by atoms with E-state index in [-0.39, 0.29) is 0 Å². The molecule has 0 aliphatic heterocycles. The molecule has 0 radical (unpaired) electrons. The Morgan fingerprint density at radius 3 is 1.48 bits per heavy atom. The molecule has 0 aliphatic rings. The van der Waals surface area contributed by atoms with Gasteiger partial charge in [-0.1, -0.05) is 60.7 Å². The summed E-state index contributed by atoms with van der Waals surface area (Å²) in [4.78, 5) is 25.3. The van der Waals surface area contributed by atoms with Gasteiger partial charge in [0.15, 0.2) is 0 Å². The van der Waals surface area contributed by atoms with Crippen LogP contribution in [0.15, 0.2) is 60.7 Å². The van der Waals surface area contributed by atoms with E-state index in [1.807, 2.05) is 60.7 Å². The van der Waals surface area contributed by atoms with Gasteiger partial charge in [-0.25, -0.2) is 4.79 Å². The van der Waals surface area contributed by atoms with Crippen LogP contribution >= 0.6 is 0 Å². The molecule has 0 heterocycles. The third kappa shape index (κ3) is 3.67. The van der Waals surface area contributed by atoms with Gasteiger partial charge in [0, 0.05) is 0 Å². The van der Waals surface area contributed by atoms with Gasteiger partial charge in [-0.05, 0) is 38.8 Å². The van der Waals surface area contributed by atoms with E-state index >= 15 is 0 Å². The molecule has 0 amide bonds. The van der Waals surface area contributed by atoms with Crippen LogP contribution in [0.2, 0.25) is 0 Å². The lowest BCUT2D eigenvalue weighted by Gasteiger charge is -2.30. The Morgan fingerprint density at radius 1 is 0.739 bits per heavy atom. The third-order valence-electron chi connectivity index (χ3n) is 3.74. The molecule has 0 spiro atoms. The van der Waals surface area contributed by atoms with Gasteiger partial charge >= 0.3 is 5.97 Å². The maximum absolute atomic E-state index is 13.0. The van der Waals surface area contributed by atoms with Gasteiger partial charge in [0.05, 0.1) is 5.41 Å². The summed E-state index contributed by atoms with van der Waals surface area (Å²) in [6.07, 6.45) is 0. The summed E-state index contributed by atoms with van der Waals surface area (Å²) in [5, 5.41) is 0. The number of carbonyl (C=O) groups excluding carboxylic acids is 2. The van der Waals surface area contributed by atoms with Crippen molar-refractivity contribution in [2.45, 2.75) is 38.7 Å². The highest BCUT2D eigenvalue weighted by Crippen LogP contribution is 2.33. The lowest BCUT2D eigenvalue weighted by atomic mass is 9.73. The van der Waals surface area contributed by atoms with Crippen LogP contribution in [-0.2, 0) is 19.7 Å². The smallest absolute Gasteiger partial charge is 0.376 e. The second-order valence-corrected chi connectivity index (χ2v) is 6.69. The zero-order valence-electron chi connectivity index (χ0n) is 14.0. The minimum Gasteiger partial charge on any atom is -0.454 e. The fourth-order valence-corrected chi connectivity index (χ4v) is 2.50. The number of esters is 1. The summed E-state index contributed by atoms with van der Waals surface area (Å²) in [7, 11) is 0. The highest BCUT2D eigenvalue weighted by molar-refractivity contribution is 6.38. The molecule has 2 aromatic carbocycles. The molecule has 23 heavy (non-hydrogen) atoms. The summed E-state index contributed by atoms with van der Waals surface area (Å²) in [5.74, 6) is -1.38. The van der Waals surface area contributed by atoms with Gasteiger partial charge < -0.3 is 4.74 Å². The molecule has 0 saturated heterocycles. The van der Waals surface area contributed by atoms with Crippen LogP contribution in [-0.4, -0.2) is 17.4 Å². The van der Waals surface area contributed by atoms with E-state index in [2.05, 4.69) is 0 Å². The number of hydrogen-bond acceptors (Lipinski definition) is 3. The van der Waals surface area contributed by atoms with Crippen LogP contribution in [0.1, 0.15) is 38.8 Å². The van der Waals surface area contributed by atoms with Crippen molar-refractivity contribution < 1.29 is 14.3 Å². The van der Waals surface area contributed by atoms with Crippen molar-refractivity contribution in [3.8, 4) is 0 Å². The first-order chi connectivity index (χ1) is 10.7. The predicted molar refractivity (Wildman–Crippen MR) is 90.2 cm³/mol. The minimum atomic E-state index is -1.08. The van der Waals surface area contributed by atoms with Gasteiger partial charge in [0.25, 0.3) is 5.78 Å². The zero-order chi connectivity index (χ0) is 17.1. The SMILES string of the molecule is CC(C)(C)OC(=O)C(=O)C(C)(c1ccccc1)c1ccccc1. The van der Waals surface area contributed by atoms with E-state index in [0.717, 1.165) is 11.1 Å². The highest BCUT2D eigenvalue weighted by atomic mass is 16.6. The van der Waals surface area contributed by atoms with Crippen LogP contribution < -0.4 is 0 Å². The van der Waals surface area contributed by atoms with Crippen molar-refractivity contribution in [2.75, 3.05) is 0 Å². The van der Waals surface area contributed by atoms with Crippen LogP contribution in [0.3, 0.4) is 0 Å². The van der Waals surface area contributed by atoms with Crippen molar-refractivity contribution in [1.82, 2.24) is 0 Å². The number of ketones is 1. The van der Waals surface area contributed by atoms with Gasteiger partial charge in [-0.15, -0.1) is 0 Å². The van der Waals surface area contributed by atoms with E-state index in [1.165, 1.54) is 0 Å². The Balaban J connectivity index is 2.51. The number of rotatable bonds is 4. The first kappa shape index (κ1) is 16.9. The van der Waals surface area contributed by atoms with Gasteiger partial charge in [0.2, 0.25) is 0 Å². The van der Waals surface area contributed by atoms with E-state index in [0.29, 0.717) is 0 Å². The second kappa shape index (κ2) is 6.37. The molecule has 0 aromatic heterocycles. The molecule has 2 rings (SSSR count). The molecule has 120 valence electrons. The summed E-state index contributed by atoms with van der Waals surface area (Å²) >= 11 is 0. The van der Waals surface area contributed by atoms with E-state index in [4.69, 9.17) is 4.74 Å². The average molecular weight is 310 g/mol. The van der Waals surface area contributed by atoms with Gasteiger partial charge in [-0.3, -0.25) is 4.79 Å². The summed E-state index contributed by atoms with van der Waals surface area (Å²) < 4.78 is 5.30. The lowest BCUT2D eigenvalue weighted by molar-refractivity contribution is -0.164. The Labute approximate surface area is 137 Å². The Kier molecular flexibility index (Phi) is 4.69. The maximum atomic E-state index is 13.0. The summed E-state index contributed by atoms with van der Waals surface area (Å²) in [6, 6.07) is 18.6. The van der Waals surface area contributed by atoms with E-state index in [9.17, 15) is 9.59 Å². The fraction of sp³-hybridized carbons (Fsp3) is 0.300. The lowest BCUT2D eigenvalue weighted by Crippen LogP contribution is -2.42. The number of carbonyl (C=O) groups is 2. The Hall–Kier alpha value is -2.42. The normalized spacial score (nSPS) is 11.8. The Bertz CT molecular complexity index is 642. The summed E-state index contributed by atoms with van der Waals surface area (Å²) in [5.41, 5.74) is -0.254. The van der Waals surface area contributed by atoms with Gasteiger partial charge in [-0.2, -0.15) is 0 Å². The second-order valence-electron chi connectivity index (χ2n) is 6.69. The van der Waals surface area contributed by atoms with Crippen molar-refractivity contribution >= 4 is 11.8 Å². The topological polar surface area (TPSA) is 43.4 Å². The monoisotopic (exact) mass is 310 g/mol. The summed E-state index contributed by atoms with van der Waals surface area (Å²) in [6.45, 7) is 7.02.